The van der Waals surface area contributed by atoms with Gasteiger partial charge in [-0.25, -0.2) is 9.59 Å². The molecule has 0 saturated carbocycles. The summed E-state index contributed by atoms with van der Waals surface area (Å²) in [6.07, 6.45) is 1.89. The van der Waals surface area contributed by atoms with E-state index in [-0.39, 0.29) is 11.7 Å². The molecule has 2 heterocycles. The molecule has 1 aliphatic rings. The van der Waals surface area contributed by atoms with Crippen LogP contribution in [0.25, 0.3) is 11.0 Å². The minimum atomic E-state index is -0.929. The van der Waals surface area contributed by atoms with Crippen LogP contribution in [0, 0.1) is 0 Å². The lowest BCUT2D eigenvalue weighted by Gasteiger charge is -2.35. The largest absolute Gasteiger partial charge is 0.480 e. The van der Waals surface area contributed by atoms with E-state index >= 15 is 0 Å². The van der Waals surface area contributed by atoms with Crippen molar-refractivity contribution >= 4 is 34.3 Å². The lowest BCUT2D eigenvalue weighted by atomic mass is 10.0. The summed E-state index contributed by atoms with van der Waals surface area (Å²) in [5.41, 5.74) is 2.60. The van der Waals surface area contributed by atoms with Crippen LogP contribution in [-0.2, 0) is 11.2 Å². The Morgan fingerprint density at radius 3 is 2.50 bits per heavy atom. The molecule has 4 rings (SSSR count). The van der Waals surface area contributed by atoms with Crippen molar-refractivity contribution < 1.29 is 9.90 Å². The summed E-state index contributed by atoms with van der Waals surface area (Å²) in [5, 5.41) is 13.1. The van der Waals surface area contributed by atoms with Crippen LogP contribution in [-0.4, -0.2) is 49.8 Å². The quantitative estimate of drug-likeness (QED) is 0.546. The van der Waals surface area contributed by atoms with Crippen LogP contribution in [0.2, 0.25) is 0 Å². The van der Waals surface area contributed by atoms with Gasteiger partial charge in [0.15, 0.2) is 5.11 Å². The first-order valence-corrected chi connectivity index (χ1v) is 10.4. The first kappa shape index (κ1) is 20.2. The van der Waals surface area contributed by atoms with Crippen LogP contribution < -0.4 is 11.0 Å². The van der Waals surface area contributed by atoms with Crippen LogP contribution in [0.4, 0.5) is 0 Å². The number of rotatable bonds is 5. The highest BCUT2D eigenvalue weighted by Gasteiger charge is 2.27. The topological polar surface area (TPSA) is 90.4 Å². The molecule has 8 heteroatoms. The predicted octanol–water partition coefficient (Wildman–Crippen LogP) is 2.54. The van der Waals surface area contributed by atoms with Crippen LogP contribution in [0.5, 0.6) is 0 Å². The Kier molecular flexibility index (Phi) is 5.85. The van der Waals surface area contributed by atoms with Crippen molar-refractivity contribution in [2.75, 3.05) is 13.1 Å². The lowest BCUT2D eigenvalue weighted by molar-refractivity contribution is -0.139. The molecule has 0 amide bonds. The number of hydrogen-bond donors (Lipinski definition) is 3. The van der Waals surface area contributed by atoms with Crippen molar-refractivity contribution in [2.45, 2.75) is 31.3 Å². The fourth-order valence-corrected chi connectivity index (χ4v) is 4.38. The number of imidazole rings is 1. The summed E-state index contributed by atoms with van der Waals surface area (Å²) in [4.78, 5) is 29.1. The Bertz CT molecular complexity index is 1100. The number of thiocarbonyl (C=S) groups is 1. The van der Waals surface area contributed by atoms with Gasteiger partial charge in [-0.2, -0.15) is 0 Å². The summed E-state index contributed by atoms with van der Waals surface area (Å²) in [6, 6.07) is 16.5. The van der Waals surface area contributed by atoms with E-state index in [0.29, 0.717) is 24.6 Å². The number of para-hydroxylation sites is 2. The summed E-state index contributed by atoms with van der Waals surface area (Å²) in [5.74, 6) is -0.929. The second-order valence-electron chi connectivity index (χ2n) is 7.57. The molecule has 0 bridgehead atoms. The highest BCUT2D eigenvalue weighted by Crippen LogP contribution is 2.25. The van der Waals surface area contributed by atoms with Crippen LogP contribution in [0.3, 0.4) is 0 Å². The van der Waals surface area contributed by atoms with Crippen LogP contribution in [0.15, 0.2) is 59.4 Å². The van der Waals surface area contributed by atoms with Gasteiger partial charge in [-0.1, -0.05) is 42.5 Å². The molecule has 1 atom stereocenters. The van der Waals surface area contributed by atoms with Gasteiger partial charge in [0.25, 0.3) is 0 Å². The van der Waals surface area contributed by atoms with Gasteiger partial charge in [-0.05, 0) is 42.8 Å². The van der Waals surface area contributed by atoms with E-state index in [4.69, 9.17) is 12.2 Å². The number of nitrogens with zero attached hydrogens (tertiary/aromatic N) is 2. The molecule has 2 aromatic carbocycles. The fraction of sp³-hybridized carbons (Fsp3) is 0.318. The molecule has 3 aromatic rings. The summed E-state index contributed by atoms with van der Waals surface area (Å²) in [7, 11) is 0. The molecule has 1 fully saturated rings. The van der Waals surface area contributed by atoms with Crippen molar-refractivity contribution in [1.29, 1.82) is 0 Å². The second-order valence-corrected chi connectivity index (χ2v) is 7.95. The van der Waals surface area contributed by atoms with Gasteiger partial charge >= 0.3 is 11.7 Å². The van der Waals surface area contributed by atoms with Crippen molar-refractivity contribution in [3.05, 3.63) is 70.6 Å². The maximum Gasteiger partial charge on any atom is 0.326 e. The SMILES string of the molecule is O=C(O)C(Cc1ccccc1)NC(=S)N1CCC(n2c(=O)[nH]c3ccccc32)CC1. The predicted molar refractivity (Wildman–Crippen MR) is 120 cm³/mol. The maximum absolute atomic E-state index is 12.4. The molecule has 156 valence electrons. The normalized spacial score (nSPS) is 15.8. The van der Waals surface area contributed by atoms with Gasteiger partial charge in [0.05, 0.1) is 11.0 Å². The number of carbonyl (C=O) groups is 1. The third-order valence-electron chi connectivity index (χ3n) is 5.62. The minimum Gasteiger partial charge on any atom is -0.480 e. The number of fused-ring (bicyclic) bond motifs is 1. The van der Waals surface area contributed by atoms with Crippen LogP contribution >= 0.6 is 12.2 Å². The molecule has 1 unspecified atom stereocenters. The number of nitrogens with one attached hydrogen (secondary N) is 2. The highest BCUT2D eigenvalue weighted by molar-refractivity contribution is 7.80. The summed E-state index contributed by atoms with van der Waals surface area (Å²) in [6.45, 7) is 1.33. The monoisotopic (exact) mass is 424 g/mol. The zero-order valence-corrected chi connectivity index (χ0v) is 17.3. The first-order chi connectivity index (χ1) is 14.5. The van der Waals surface area contributed by atoms with Crippen molar-refractivity contribution in [2.24, 2.45) is 0 Å². The molecule has 1 aromatic heterocycles. The number of aliphatic carboxylic acids is 1. The Hall–Kier alpha value is -3.13. The second kappa shape index (κ2) is 8.71. The number of aromatic amines is 1. The number of aromatic nitrogens is 2. The van der Waals surface area contributed by atoms with E-state index in [2.05, 4.69) is 10.3 Å². The van der Waals surface area contributed by atoms with Crippen molar-refractivity contribution in [3.8, 4) is 0 Å². The van der Waals surface area contributed by atoms with Crippen LogP contribution in [0.1, 0.15) is 24.4 Å². The van der Waals surface area contributed by atoms with Crippen molar-refractivity contribution in [3.63, 3.8) is 0 Å². The first-order valence-electron chi connectivity index (χ1n) is 10.0. The number of piperidine rings is 1. The van der Waals surface area contributed by atoms with E-state index in [1.807, 2.05) is 64.1 Å². The maximum atomic E-state index is 12.4. The van der Waals surface area contributed by atoms with E-state index in [1.165, 1.54) is 0 Å². The Labute approximate surface area is 179 Å². The van der Waals surface area contributed by atoms with Gasteiger partial charge in [-0.3, -0.25) is 4.57 Å². The molecule has 0 radical (unpaired) electrons. The minimum absolute atomic E-state index is 0.0901. The fourth-order valence-electron chi connectivity index (χ4n) is 4.05. The number of H-pyrrole nitrogens is 1. The van der Waals surface area contributed by atoms with Gasteiger partial charge < -0.3 is 20.3 Å². The Morgan fingerprint density at radius 1 is 1.13 bits per heavy atom. The molecular weight excluding hydrogens is 400 g/mol. The molecular formula is C22H24N4O3S. The zero-order chi connectivity index (χ0) is 21.1. The number of benzene rings is 2. The molecule has 3 N–H and O–H groups in total. The van der Waals surface area contributed by atoms with Gasteiger partial charge in [0.2, 0.25) is 0 Å². The van der Waals surface area contributed by atoms with Gasteiger partial charge in [-0.15, -0.1) is 0 Å². The zero-order valence-electron chi connectivity index (χ0n) is 16.5. The number of likely N-dealkylation sites (tertiary alicyclic amines) is 1. The average Bonchev–Trinajstić information content (AvgIpc) is 3.09. The number of hydrogen-bond acceptors (Lipinski definition) is 3. The smallest absolute Gasteiger partial charge is 0.326 e. The molecule has 7 nitrogen and oxygen atoms in total. The number of carboxylic acid groups (broad SMARTS) is 1. The molecule has 1 saturated heterocycles. The van der Waals surface area contributed by atoms with Gasteiger partial charge in [0, 0.05) is 25.6 Å². The molecule has 30 heavy (non-hydrogen) atoms. The average molecular weight is 425 g/mol. The van der Waals surface area contributed by atoms with Gasteiger partial charge in [0.1, 0.15) is 6.04 Å². The Balaban J connectivity index is 1.39. The van der Waals surface area contributed by atoms with E-state index < -0.39 is 12.0 Å². The van der Waals surface area contributed by atoms with E-state index in [1.54, 1.807) is 0 Å². The molecule has 0 spiro atoms. The number of carboxylic acids is 1. The standard InChI is InChI=1S/C22H24N4O3S/c27-20(28)18(14-15-6-2-1-3-7-15)24-22(30)25-12-10-16(11-13-25)26-19-9-5-4-8-17(19)23-21(26)29/h1-9,16,18H,10-14H2,(H,23,29)(H,24,30)(H,27,28). The van der Waals surface area contributed by atoms with E-state index in [0.717, 1.165) is 29.4 Å². The third kappa shape index (κ3) is 4.23. The Morgan fingerprint density at radius 2 is 1.80 bits per heavy atom. The summed E-state index contributed by atoms with van der Waals surface area (Å²) < 4.78 is 1.83. The molecule has 1 aliphatic heterocycles. The highest BCUT2D eigenvalue weighted by atomic mass is 32.1. The third-order valence-corrected chi connectivity index (χ3v) is 6.00. The van der Waals surface area contributed by atoms with Crippen molar-refractivity contribution in [1.82, 2.24) is 19.8 Å². The molecule has 0 aliphatic carbocycles. The van der Waals surface area contributed by atoms with E-state index in [9.17, 15) is 14.7 Å². The summed E-state index contributed by atoms with van der Waals surface area (Å²) >= 11 is 5.50. The lowest BCUT2D eigenvalue weighted by Crippen LogP contribution is -2.51.